The molecule has 1 N–H and O–H groups in total. The quantitative estimate of drug-likeness (QED) is 0.918. The SMILES string of the molecule is C[C@@H]1CN([C@H]2CCCN(Cc3ccc(F)cc3F)C2=O)CC[C@@H]1O. The highest BCUT2D eigenvalue weighted by molar-refractivity contribution is 5.82. The first kappa shape index (κ1) is 17.3. The summed E-state index contributed by atoms with van der Waals surface area (Å²) >= 11 is 0. The van der Waals surface area contributed by atoms with E-state index >= 15 is 0 Å². The van der Waals surface area contributed by atoms with Crippen molar-refractivity contribution in [3.05, 3.63) is 35.4 Å². The summed E-state index contributed by atoms with van der Waals surface area (Å²) in [6.07, 6.45) is 2.04. The average Bonchev–Trinajstić information content (AvgIpc) is 2.54. The summed E-state index contributed by atoms with van der Waals surface area (Å²) < 4.78 is 26.9. The van der Waals surface area contributed by atoms with E-state index in [0.29, 0.717) is 31.6 Å². The van der Waals surface area contributed by atoms with Crippen molar-refractivity contribution in [2.75, 3.05) is 19.6 Å². The lowest BCUT2D eigenvalue weighted by Crippen LogP contribution is -2.56. The van der Waals surface area contributed by atoms with Crippen LogP contribution in [0.1, 0.15) is 31.7 Å². The van der Waals surface area contributed by atoms with E-state index in [4.69, 9.17) is 0 Å². The van der Waals surface area contributed by atoms with E-state index in [1.807, 2.05) is 6.92 Å². The largest absolute Gasteiger partial charge is 0.393 e. The first-order valence-electron chi connectivity index (χ1n) is 8.60. The van der Waals surface area contributed by atoms with Crippen LogP contribution in [0.2, 0.25) is 0 Å². The number of amides is 1. The number of hydrogen-bond donors (Lipinski definition) is 1. The maximum absolute atomic E-state index is 13.9. The summed E-state index contributed by atoms with van der Waals surface area (Å²) in [6, 6.07) is 3.28. The van der Waals surface area contributed by atoms with E-state index in [1.165, 1.54) is 12.1 Å². The third-order valence-electron chi connectivity index (χ3n) is 5.21. The van der Waals surface area contributed by atoms with Gasteiger partial charge in [-0.3, -0.25) is 9.69 Å². The Bertz CT molecular complexity index is 611. The molecule has 0 aliphatic carbocycles. The van der Waals surface area contributed by atoms with Gasteiger partial charge in [0, 0.05) is 37.8 Å². The normalized spacial score (nSPS) is 29.1. The molecule has 24 heavy (non-hydrogen) atoms. The van der Waals surface area contributed by atoms with Crippen LogP contribution in [0, 0.1) is 17.6 Å². The Morgan fingerprint density at radius 1 is 1.25 bits per heavy atom. The summed E-state index contributed by atoms with van der Waals surface area (Å²) in [6.45, 7) is 4.18. The summed E-state index contributed by atoms with van der Waals surface area (Å²) in [5.74, 6) is -1.07. The van der Waals surface area contributed by atoms with Crippen molar-refractivity contribution in [2.45, 2.75) is 44.9 Å². The molecule has 2 fully saturated rings. The highest BCUT2D eigenvalue weighted by Crippen LogP contribution is 2.25. The Morgan fingerprint density at radius 3 is 2.75 bits per heavy atom. The zero-order chi connectivity index (χ0) is 17.3. The van der Waals surface area contributed by atoms with Gasteiger partial charge >= 0.3 is 0 Å². The van der Waals surface area contributed by atoms with Crippen molar-refractivity contribution in [3.63, 3.8) is 0 Å². The predicted octanol–water partition coefficient (Wildman–Crippen LogP) is 2.16. The molecule has 0 unspecified atom stereocenters. The standard InChI is InChI=1S/C18H24F2N2O2/c1-12-10-21(8-6-17(12)23)16-3-2-7-22(18(16)24)11-13-4-5-14(19)9-15(13)20/h4-5,9,12,16-17,23H,2-3,6-8,10-11H2,1H3/t12-,16+,17+/m1/s1. The number of carbonyl (C=O) groups excluding carboxylic acids is 1. The molecule has 0 aromatic heterocycles. The van der Waals surface area contributed by atoms with Crippen molar-refractivity contribution in [1.29, 1.82) is 0 Å². The maximum Gasteiger partial charge on any atom is 0.240 e. The zero-order valence-corrected chi connectivity index (χ0v) is 13.9. The van der Waals surface area contributed by atoms with Gasteiger partial charge in [0.15, 0.2) is 0 Å². The van der Waals surface area contributed by atoms with Gasteiger partial charge in [0.05, 0.1) is 12.1 Å². The fourth-order valence-electron chi connectivity index (χ4n) is 3.72. The minimum absolute atomic E-state index is 0.00793. The van der Waals surface area contributed by atoms with Crippen LogP contribution >= 0.6 is 0 Å². The minimum atomic E-state index is -0.611. The summed E-state index contributed by atoms with van der Waals surface area (Å²) in [5.41, 5.74) is 0.341. The van der Waals surface area contributed by atoms with Gasteiger partial charge in [-0.15, -0.1) is 0 Å². The molecule has 4 nitrogen and oxygen atoms in total. The van der Waals surface area contributed by atoms with Gasteiger partial charge in [0.1, 0.15) is 11.6 Å². The van der Waals surface area contributed by atoms with Crippen LogP contribution in [0.5, 0.6) is 0 Å². The van der Waals surface area contributed by atoms with Gasteiger partial charge in [-0.05, 0) is 31.2 Å². The Labute approximate surface area is 141 Å². The zero-order valence-electron chi connectivity index (χ0n) is 13.9. The number of hydrogen-bond acceptors (Lipinski definition) is 3. The molecule has 2 aliphatic rings. The lowest BCUT2D eigenvalue weighted by atomic mass is 9.93. The van der Waals surface area contributed by atoms with Gasteiger partial charge in [-0.25, -0.2) is 8.78 Å². The summed E-state index contributed by atoms with van der Waals surface area (Å²) in [5, 5.41) is 9.87. The lowest BCUT2D eigenvalue weighted by molar-refractivity contribution is -0.142. The van der Waals surface area contributed by atoms with Crippen molar-refractivity contribution in [2.24, 2.45) is 5.92 Å². The molecular formula is C18H24F2N2O2. The van der Waals surface area contributed by atoms with E-state index < -0.39 is 11.6 Å². The molecule has 3 atom stereocenters. The highest BCUT2D eigenvalue weighted by atomic mass is 19.1. The third kappa shape index (κ3) is 3.59. The van der Waals surface area contributed by atoms with Crippen molar-refractivity contribution in [3.8, 4) is 0 Å². The molecule has 1 aromatic rings. The van der Waals surface area contributed by atoms with E-state index in [2.05, 4.69) is 4.90 Å². The van der Waals surface area contributed by atoms with Gasteiger partial charge in [0.25, 0.3) is 0 Å². The predicted molar refractivity (Wildman–Crippen MR) is 86.2 cm³/mol. The molecule has 1 amide bonds. The molecular weight excluding hydrogens is 314 g/mol. The molecule has 2 aliphatic heterocycles. The fourth-order valence-corrected chi connectivity index (χ4v) is 3.72. The number of carbonyl (C=O) groups is 1. The molecule has 0 spiro atoms. The minimum Gasteiger partial charge on any atom is -0.393 e. The second kappa shape index (κ2) is 7.15. The monoisotopic (exact) mass is 338 g/mol. The Balaban J connectivity index is 1.68. The molecule has 0 saturated carbocycles. The Kier molecular flexibility index (Phi) is 5.15. The molecule has 2 heterocycles. The van der Waals surface area contributed by atoms with Crippen LogP contribution < -0.4 is 0 Å². The van der Waals surface area contributed by atoms with Gasteiger partial charge in [-0.2, -0.15) is 0 Å². The van der Waals surface area contributed by atoms with E-state index in [9.17, 15) is 18.7 Å². The van der Waals surface area contributed by atoms with Crippen LogP contribution in [0.3, 0.4) is 0 Å². The van der Waals surface area contributed by atoms with Gasteiger partial charge in [0.2, 0.25) is 5.91 Å². The number of benzene rings is 1. The third-order valence-corrected chi connectivity index (χ3v) is 5.21. The topological polar surface area (TPSA) is 43.8 Å². The molecule has 1 aromatic carbocycles. The van der Waals surface area contributed by atoms with Crippen molar-refractivity contribution in [1.82, 2.24) is 9.80 Å². The van der Waals surface area contributed by atoms with Crippen LogP contribution in [-0.4, -0.2) is 52.6 Å². The van der Waals surface area contributed by atoms with E-state index in [-0.39, 0.29) is 30.5 Å². The average molecular weight is 338 g/mol. The number of rotatable bonds is 3. The molecule has 0 bridgehead atoms. The smallest absolute Gasteiger partial charge is 0.240 e. The van der Waals surface area contributed by atoms with Crippen molar-refractivity contribution >= 4 is 5.91 Å². The highest BCUT2D eigenvalue weighted by Gasteiger charge is 2.36. The van der Waals surface area contributed by atoms with Crippen molar-refractivity contribution < 1.29 is 18.7 Å². The first-order valence-corrected chi connectivity index (χ1v) is 8.60. The van der Waals surface area contributed by atoms with Crippen LogP contribution in [-0.2, 0) is 11.3 Å². The van der Waals surface area contributed by atoms with Crippen LogP contribution in [0.15, 0.2) is 18.2 Å². The van der Waals surface area contributed by atoms with Gasteiger partial charge in [-0.1, -0.05) is 13.0 Å². The second-order valence-corrected chi connectivity index (χ2v) is 6.98. The van der Waals surface area contributed by atoms with Crippen LogP contribution in [0.25, 0.3) is 0 Å². The number of aliphatic hydroxyl groups is 1. The Hall–Kier alpha value is -1.53. The number of nitrogens with zero attached hydrogens (tertiary/aromatic N) is 2. The molecule has 132 valence electrons. The number of aliphatic hydroxyl groups excluding tert-OH is 1. The van der Waals surface area contributed by atoms with Crippen LogP contribution in [0.4, 0.5) is 8.78 Å². The lowest BCUT2D eigenvalue weighted by Gasteiger charge is -2.42. The number of piperidine rings is 2. The van der Waals surface area contributed by atoms with Gasteiger partial charge < -0.3 is 10.0 Å². The molecule has 0 radical (unpaired) electrons. The fraction of sp³-hybridized carbons (Fsp3) is 0.611. The Morgan fingerprint density at radius 2 is 2.04 bits per heavy atom. The maximum atomic E-state index is 13.9. The number of halogens is 2. The first-order chi connectivity index (χ1) is 11.5. The molecule has 3 rings (SSSR count). The van der Waals surface area contributed by atoms with E-state index in [1.54, 1.807) is 4.90 Å². The summed E-state index contributed by atoms with van der Waals surface area (Å²) in [7, 11) is 0. The van der Waals surface area contributed by atoms with E-state index in [0.717, 1.165) is 18.9 Å². The molecule has 2 saturated heterocycles. The number of likely N-dealkylation sites (tertiary alicyclic amines) is 2. The summed E-state index contributed by atoms with van der Waals surface area (Å²) in [4.78, 5) is 16.6. The second-order valence-electron chi connectivity index (χ2n) is 6.98. The molecule has 6 heteroatoms.